The van der Waals surface area contributed by atoms with Gasteiger partial charge < -0.3 is 35.9 Å². The van der Waals surface area contributed by atoms with E-state index in [-0.39, 0.29) is 107 Å². The molecule has 0 aliphatic heterocycles. The average molecular weight is 1010 g/mol. The molecule has 0 unspecified atom stereocenters. The summed E-state index contributed by atoms with van der Waals surface area (Å²) >= 11 is 25.4. The van der Waals surface area contributed by atoms with Crippen molar-refractivity contribution in [3.63, 3.8) is 0 Å². The van der Waals surface area contributed by atoms with Crippen molar-refractivity contribution >= 4 is 100 Å². The van der Waals surface area contributed by atoms with E-state index < -0.39 is 47.5 Å². The lowest BCUT2D eigenvalue weighted by Gasteiger charge is -2.20. The molecular weight excluding hydrogens is 958 g/mol. The highest BCUT2D eigenvalue weighted by Crippen LogP contribution is 2.33. The monoisotopic (exact) mass is 1010 g/mol. The number of ether oxygens (including phenoxy) is 3. The Morgan fingerprint density at radius 1 is 0.591 bits per heavy atom. The second kappa shape index (κ2) is 28.1. The van der Waals surface area contributed by atoms with Gasteiger partial charge in [-0.25, -0.2) is 14.4 Å². The molecule has 0 saturated heterocycles. The van der Waals surface area contributed by atoms with Gasteiger partial charge in [-0.1, -0.05) is 107 Å². The molecule has 0 fully saturated rings. The number of nitrogens with one attached hydrogen (secondary N) is 3. The predicted molar refractivity (Wildman–Crippen MR) is 259 cm³/mol. The molecule has 0 saturated carbocycles. The molecule has 0 aliphatic carbocycles. The minimum Gasteiger partial charge on any atom is -0.464 e. The van der Waals surface area contributed by atoms with Gasteiger partial charge in [0.25, 0.3) is 11.8 Å². The van der Waals surface area contributed by atoms with Crippen LogP contribution in [0.4, 0.5) is 4.79 Å². The van der Waals surface area contributed by atoms with E-state index in [1.54, 1.807) is 58.9 Å². The Morgan fingerprint density at radius 3 is 1.29 bits per heavy atom. The lowest BCUT2D eigenvalue weighted by molar-refractivity contribution is -0.146. The molecule has 4 rings (SSSR count). The van der Waals surface area contributed by atoms with Crippen molar-refractivity contribution in [3.8, 4) is 22.3 Å². The lowest BCUT2D eigenvalue weighted by atomic mass is 10.0. The number of alkyl carbamates (subject to hydrolysis) is 1. The topological polar surface area (TPSA) is 209 Å². The van der Waals surface area contributed by atoms with Gasteiger partial charge in [0, 0.05) is 12.8 Å². The van der Waals surface area contributed by atoms with Gasteiger partial charge in [-0.3, -0.25) is 19.2 Å². The van der Waals surface area contributed by atoms with E-state index in [0.29, 0.717) is 0 Å². The van der Waals surface area contributed by atoms with Crippen LogP contribution in [0.1, 0.15) is 81.0 Å². The van der Waals surface area contributed by atoms with E-state index in [1.165, 1.54) is 0 Å². The van der Waals surface area contributed by atoms with Crippen LogP contribution in [0.2, 0.25) is 20.1 Å². The summed E-state index contributed by atoms with van der Waals surface area (Å²) in [4.78, 5) is 85.9. The summed E-state index contributed by atoms with van der Waals surface area (Å²) in [6.07, 6.45) is -0.772. The first-order chi connectivity index (χ1) is 30.8. The second-order valence-electron chi connectivity index (χ2n) is 15.1. The molecule has 0 aliphatic rings. The largest absolute Gasteiger partial charge is 0.464 e. The summed E-state index contributed by atoms with van der Waals surface area (Å²) in [5.74, 6) is -3.23. The number of halogens is 5. The van der Waals surface area contributed by atoms with Crippen LogP contribution in [0.25, 0.3) is 22.3 Å². The number of carbonyl (C=O) groups is 7. The maximum absolute atomic E-state index is 13.0. The fourth-order valence-electron chi connectivity index (χ4n) is 5.91. The zero-order valence-electron chi connectivity index (χ0n) is 37.0. The number of amides is 3. The fraction of sp³-hybridized carbons (Fsp3) is 0.340. The highest BCUT2D eigenvalue weighted by molar-refractivity contribution is 6.41. The van der Waals surface area contributed by atoms with Crippen LogP contribution < -0.4 is 21.7 Å². The predicted octanol–water partition coefficient (Wildman–Crippen LogP) is 9.25. The minimum atomic E-state index is -1.12. The van der Waals surface area contributed by atoms with Crippen molar-refractivity contribution in [1.82, 2.24) is 16.0 Å². The smallest absolute Gasteiger partial charge is 0.408 e. The first-order valence-electron chi connectivity index (χ1n) is 20.5. The Hall–Kier alpha value is -5.22. The van der Waals surface area contributed by atoms with Crippen molar-refractivity contribution in [2.75, 3.05) is 26.3 Å². The van der Waals surface area contributed by atoms with Crippen molar-refractivity contribution < 1.29 is 47.8 Å². The van der Waals surface area contributed by atoms with Crippen LogP contribution in [0.5, 0.6) is 0 Å². The van der Waals surface area contributed by atoms with Gasteiger partial charge in [0.1, 0.15) is 23.5 Å². The molecule has 0 aromatic heterocycles. The maximum atomic E-state index is 13.0. The Morgan fingerprint density at radius 2 is 0.955 bits per heavy atom. The first kappa shape index (κ1) is 56.9. The highest BCUT2D eigenvalue weighted by Gasteiger charge is 2.28. The zero-order chi connectivity index (χ0) is 48.3. The SMILES string of the molecule is CCOC(=O)[C@H](CCC(=O)CN)NC(=O)c1c(Cl)cc(-c2ccccc2)cc1Cl.CCOC(=O)[C@H](CCC(=O)CNC(=O)OC(C)(C)C)NC(=O)c1c(Cl)cc(-c2ccccc2)cc1Cl.Cl. The van der Waals surface area contributed by atoms with Crippen LogP contribution in [0.3, 0.4) is 0 Å². The summed E-state index contributed by atoms with van der Waals surface area (Å²) in [6, 6.07) is 23.2. The third kappa shape index (κ3) is 18.6. The number of nitrogens with two attached hydrogens (primary N) is 1. The first-order valence-corrected chi connectivity index (χ1v) is 22.0. The van der Waals surface area contributed by atoms with E-state index in [0.717, 1.165) is 22.3 Å². The Labute approximate surface area is 410 Å². The fourth-order valence-corrected chi connectivity index (χ4v) is 7.22. The van der Waals surface area contributed by atoms with E-state index in [9.17, 15) is 33.6 Å². The molecule has 4 aromatic rings. The Kier molecular flexibility index (Phi) is 24.2. The maximum Gasteiger partial charge on any atom is 0.408 e. The molecule has 356 valence electrons. The van der Waals surface area contributed by atoms with E-state index in [2.05, 4.69) is 16.0 Å². The second-order valence-corrected chi connectivity index (χ2v) is 16.8. The van der Waals surface area contributed by atoms with Gasteiger partial charge in [-0.2, -0.15) is 0 Å². The molecule has 3 amide bonds. The number of ketones is 2. The van der Waals surface area contributed by atoms with E-state index in [4.69, 9.17) is 66.3 Å². The third-order valence-electron chi connectivity index (χ3n) is 8.99. The molecule has 0 bridgehead atoms. The molecule has 66 heavy (non-hydrogen) atoms. The number of hydrogen-bond donors (Lipinski definition) is 4. The third-order valence-corrected chi connectivity index (χ3v) is 10.2. The van der Waals surface area contributed by atoms with Crippen molar-refractivity contribution in [2.24, 2.45) is 5.73 Å². The summed E-state index contributed by atoms with van der Waals surface area (Å²) in [5, 5.41) is 8.01. The normalized spacial score (nSPS) is 11.5. The Balaban J connectivity index is 0.000000457. The molecule has 4 aromatic carbocycles. The average Bonchev–Trinajstić information content (AvgIpc) is 3.25. The quantitative estimate of drug-likeness (QED) is 0.0514. The number of esters is 2. The molecule has 14 nitrogen and oxygen atoms in total. The Bertz CT molecular complexity index is 2270. The summed E-state index contributed by atoms with van der Waals surface area (Å²) in [7, 11) is 0. The summed E-state index contributed by atoms with van der Waals surface area (Å²) in [5.41, 5.74) is 7.91. The van der Waals surface area contributed by atoms with Gasteiger partial charge in [0.2, 0.25) is 0 Å². The number of rotatable bonds is 19. The molecule has 19 heteroatoms. The van der Waals surface area contributed by atoms with Crippen LogP contribution in [-0.4, -0.2) is 85.4 Å². The standard InChI is InChI=1S/C26H30Cl2N2O6.C21H22Cl2N2O4.ClH/c1-5-35-24(33)21(12-11-18(31)15-29-25(34)36-26(2,3)4)30-23(32)22-19(27)13-17(14-20(22)28)16-9-7-6-8-10-16;1-2-29-21(28)18(9-8-15(26)12-24)25-20(27)19-16(22)10-14(11-17(19)23)13-6-4-3-5-7-13;/h6-10,13-14,21H,5,11-12,15H2,1-4H3,(H,29,34)(H,30,32);3-7,10-11,18H,2,8-9,12,24H2,1H3,(H,25,27);1H/t21-;18-;/m00./s1. The molecule has 0 spiro atoms. The minimum absolute atomic E-state index is 0. The van der Waals surface area contributed by atoms with Crippen LogP contribution in [-0.2, 0) is 33.4 Å². The molecule has 0 heterocycles. The number of carbonyl (C=O) groups excluding carboxylic acids is 7. The lowest BCUT2D eigenvalue weighted by Crippen LogP contribution is -2.43. The number of benzene rings is 4. The van der Waals surface area contributed by atoms with E-state index >= 15 is 0 Å². The van der Waals surface area contributed by atoms with Crippen LogP contribution in [0.15, 0.2) is 84.9 Å². The highest BCUT2D eigenvalue weighted by atomic mass is 35.5. The van der Waals surface area contributed by atoms with Crippen LogP contribution in [0, 0.1) is 0 Å². The number of Topliss-reactive ketones (excluding diaryl/α,β-unsaturated/α-hetero) is 2. The van der Waals surface area contributed by atoms with Gasteiger partial charge in [0.05, 0.1) is 57.5 Å². The van der Waals surface area contributed by atoms with E-state index in [1.807, 2.05) is 60.7 Å². The molecule has 2 atom stereocenters. The van der Waals surface area contributed by atoms with Gasteiger partial charge >= 0.3 is 18.0 Å². The summed E-state index contributed by atoms with van der Waals surface area (Å²) < 4.78 is 15.1. The van der Waals surface area contributed by atoms with Crippen molar-refractivity contribution in [1.29, 1.82) is 0 Å². The van der Waals surface area contributed by atoms with Crippen LogP contribution >= 0.6 is 58.8 Å². The van der Waals surface area contributed by atoms with Gasteiger partial charge in [-0.05, 0) is 94.0 Å². The molecule has 5 N–H and O–H groups in total. The van der Waals surface area contributed by atoms with Gasteiger partial charge in [-0.15, -0.1) is 12.4 Å². The molecule has 0 radical (unpaired) electrons. The number of hydrogen-bond acceptors (Lipinski definition) is 11. The summed E-state index contributed by atoms with van der Waals surface area (Å²) in [6.45, 7) is 8.20. The molecular formula is C47H53Cl5N4O10. The van der Waals surface area contributed by atoms with Crippen molar-refractivity contribution in [3.05, 3.63) is 116 Å². The zero-order valence-corrected chi connectivity index (χ0v) is 40.8. The van der Waals surface area contributed by atoms with Crippen molar-refractivity contribution in [2.45, 2.75) is 78.0 Å². The van der Waals surface area contributed by atoms with Gasteiger partial charge in [0.15, 0.2) is 5.78 Å².